The van der Waals surface area contributed by atoms with Crippen LogP contribution in [-0.4, -0.2) is 31.3 Å². The highest BCUT2D eigenvalue weighted by Gasteiger charge is 2.19. The lowest BCUT2D eigenvalue weighted by Crippen LogP contribution is -2.14. The molecule has 3 rings (SSSR count). The lowest BCUT2D eigenvalue weighted by atomic mass is 9.99. The first-order valence-corrected chi connectivity index (χ1v) is 8.15. The Labute approximate surface area is 121 Å². The Morgan fingerprint density at radius 3 is 2.68 bits per heavy atom. The third-order valence-corrected chi connectivity index (χ3v) is 5.32. The van der Waals surface area contributed by atoms with Gasteiger partial charge in [-0.3, -0.25) is 0 Å². The van der Waals surface area contributed by atoms with Crippen LogP contribution in [0.15, 0.2) is 0 Å². The van der Waals surface area contributed by atoms with Crippen molar-refractivity contribution in [1.29, 1.82) is 0 Å². The maximum Gasteiger partial charge on any atom is 0.181 e. The average molecular weight is 297 g/mol. The number of aryl methyl sites for hydroxylation is 1. The molecule has 1 fully saturated rings. The molecule has 0 amide bonds. The van der Waals surface area contributed by atoms with Gasteiger partial charge in [-0.25, -0.2) is 0 Å². The van der Waals surface area contributed by atoms with Crippen molar-refractivity contribution in [2.45, 2.75) is 33.1 Å². The molecule has 4 nitrogen and oxygen atoms in total. The van der Waals surface area contributed by atoms with Gasteiger partial charge in [0.25, 0.3) is 0 Å². The fourth-order valence-electron chi connectivity index (χ4n) is 2.47. The van der Waals surface area contributed by atoms with Crippen LogP contribution >= 0.6 is 23.4 Å². The van der Waals surface area contributed by atoms with E-state index >= 15 is 0 Å². The molecule has 1 saturated heterocycles. The van der Waals surface area contributed by atoms with E-state index in [9.17, 15) is 0 Å². The molecule has 0 saturated carbocycles. The van der Waals surface area contributed by atoms with E-state index in [1.807, 2.05) is 30.1 Å². The molecule has 1 aliphatic heterocycles. The highest BCUT2D eigenvalue weighted by molar-refractivity contribution is 7.99. The smallest absolute Gasteiger partial charge is 0.181 e. The molecule has 0 unspecified atom stereocenters. The Bertz CT molecular complexity index is 604. The molecule has 0 aromatic carbocycles. The van der Waals surface area contributed by atoms with Gasteiger partial charge in [-0.1, -0.05) is 11.6 Å². The van der Waals surface area contributed by atoms with Crippen molar-refractivity contribution >= 4 is 29.0 Å². The number of hydrogen-bond donors (Lipinski definition) is 0. The summed E-state index contributed by atoms with van der Waals surface area (Å²) in [6.07, 6.45) is 3.48. The fraction of sp³-hybridized carbons (Fsp3) is 0.615. The standard InChI is InChI=1S/C13H17ClN4S/c1-8-9(2)13-16-15-11(18(13)17-12(8)14)7-10-3-5-19-6-4-10/h10H,3-7H2,1-2H3. The molecule has 2 aromatic heterocycles. The Morgan fingerprint density at radius 2 is 1.95 bits per heavy atom. The largest absolute Gasteiger partial charge is 0.196 e. The van der Waals surface area contributed by atoms with Gasteiger partial charge < -0.3 is 0 Å². The fourth-order valence-corrected chi connectivity index (χ4v) is 3.89. The number of nitrogens with zero attached hydrogens (tertiary/aromatic N) is 4. The second-order valence-corrected chi connectivity index (χ2v) is 6.74. The molecule has 0 bridgehead atoms. The van der Waals surface area contributed by atoms with E-state index in [4.69, 9.17) is 11.6 Å². The number of rotatable bonds is 2. The Balaban J connectivity index is 1.96. The zero-order chi connectivity index (χ0) is 13.4. The van der Waals surface area contributed by atoms with Crippen molar-refractivity contribution < 1.29 is 0 Å². The predicted octanol–water partition coefficient (Wildman–Crippen LogP) is 3.08. The van der Waals surface area contributed by atoms with Crippen LogP contribution in [0.5, 0.6) is 0 Å². The minimum absolute atomic E-state index is 0.547. The Morgan fingerprint density at radius 1 is 1.21 bits per heavy atom. The Hall–Kier alpha value is -0.810. The van der Waals surface area contributed by atoms with Crippen LogP contribution in [0.4, 0.5) is 0 Å². The minimum atomic E-state index is 0.547. The van der Waals surface area contributed by atoms with Crippen LogP contribution in [0, 0.1) is 19.8 Å². The molecular weight excluding hydrogens is 280 g/mol. The molecule has 102 valence electrons. The number of hydrogen-bond acceptors (Lipinski definition) is 4. The van der Waals surface area contributed by atoms with Gasteiger partial charge in [0.15, 0.2) is 16.6 Å². The van der Waals surface area contributed by atoms with E-state index in [1.165, 1.54) is 24.3 Å². The molecule has 6 heteroatoms. The lowest BCUT2D eigenvalue weighted by Gasteiger charge is -2.20. The molecular formula is C13H17ClN4S. The lowest BCUT2D eigenvalue weighted by molar-refractivity contribution is 0.471. The van der Waals surface area contributed by atoms with E-state index in [2.05, 4.69) is 15.3 Å². The first-order chi connectivity index (χ1) is 9.16. The highest BCUT2D eigenvalue weighted by atomic mass is 35.5. The van der Waals surface area contributed by atoms with Gasteiger partial charge in [0.05, 0.1) is 0 Å². The van der Waals surface area contributed by atoms with E-state index in [0.29, 0.717) is 11.1 Å². The van der Waals surface area contributed by atoms with Crippen molar-refractivity contribution in [2.24, 2.45) is 5.92 Å². The molecule has 19 heavy (non-hydrogen) atoms. The highest BCUT2D eigenvalue weighted by Crippen LogP contribution is 2.26. The number of halogens is 1. The quantitative estimate of drug-likeness (QED) is 0.854. The van der Waals surface area contributed by atoms with Crippen LogP contribution in [0.25, 0.3) is 5.65 Å². The van der Waals surface area contributed by atoms with Crippen molar-refractivity contribution in [1.82, 2.24) is 19.8 Å². The summed E-state index contributed by atoms with van der Waals surface area (Å²) in [6, 6.07) is 0. The first-order valence-electron chi connectivity index (χ1n) is 6.61. The number of thioether (sulfide) groups is 1. The summed E-state index contributed by atoms with van der Waals surface area (Å²) in [6.45, 7) is 3.99. The van der Waals surface area contributed by atoms with Crippen LogP contribution < -0.4 is 0 Å². The zero-order valence-electron chi connectivity index (χ0n) is 11.2. The van der Waals surface area contributed by atoms with Gasteiger partial charge >= 0.3 is 0 Å². The van der Waals surface area contributed by atoms with Crippen molar-refractivity contribution in [2.75, 3.05) is 11.5 Å². The summed E-state index contributed by atoms with van der Waals surface area (Å²) in [4.78, 5) is 0. The number of fused-ring (bicyclic) bond motifs is 1. The summed E-state index contributed by atoms with van der Waals surface area (Å²) < 4.78 is 1.83. The molecule has 0 N–H and O–H groups in total. The van der Waals surface area contributed by atoms with Crippen molar-refractivity contribution in [3.63, 3.8) is 0 Å². The molecule has 1 aliphatic rings. The topological polar surface area (TPSA) is 43.1 Å². The van der Waals surface area contributed by atoms with E-state index in [0.717, 1.165) is 29.0 Å². The van der Waals surface area contributed by atoms with Gasteiger partial charge in [-0.05, 0) is 49.7 Å². The van der Waals surface area contributed by atoms with Gasteiger partial charge in [0.1, 0.15) is 0 Å². The summed E-state index contributed by atoms with van der Waals surface area (Å²) >= 11 is 8.22. The van der Waals surface area contributed by atoms with Gasteiger partial charge in [-0.2, -0.15) is 21.4 Å². The summed E-state index contributed by atoms with van der Waals surface area (Å²) in [7, 11) is 0. The normalized spacial score (nSPS) is 17.2. The number of aromatic nitrogens is 4. The molecule has 0 radical (unpaired) electrons. The average Bonchev–Trinajstić information content (AvgIpc) is 2.81. The molecule has 0 atom stereocenters. The first kappa shape index (κ1) is 13.2. The van der Waals surface area contributed by atoms with Crippen LogP contribution in [-0.2, 0) is 6.42 Å². The maximum absolute atomic E-state index is 6.17. The SMILES string of the molecule is Cc1c(Cl)nn2c(CC3CCSCC3)nnc2c1C. The van der Waals surface area contributed by atoms with E-state index in [1.54, 1.807) is 0 Å². The second-order valence-electron chi connectivity index (χ2n) is 5.15. The van der Waals surface area contributed by atoms with E-state index < -0.39 is 0 Å². The molecule has 3 heterocycles. The van der Waals surface area contributed by atoms with Crippen LogP contribution in [0.1, 0.15) is 29.8 Å². The summed E-state index contributed by atoms with van der Waals surface area (Å²) in [5.41, 5.74) is 2.89. The van der Waals surface area contributed by atoms with Crippen LogP contribution in [0.2, 0.25) is 5.15 Å². The summed E-state index contributed by atoms with van der Waals surface area (Å²) in [5.74, 6) is 4.16. The molecule has 0 spiro atoms. The van der Waals surface area contributed by atoms with Gasteiger partial charge in [-0.15, -0.1) is 10.2 Å². The monoisotopic (exact) mass is 296 g/mol. The Kier molecular flexibility index (Phi) is 3.67. The van der Waals surface area contributed by atoms with Crippen molar-refractivity contribution in [3.8, 4) is 0 Å². The third-order valence-electron chi connectivity index (χ3n) is 3.91. The second kappa shape index (κ2) is 5.29. The predicted molar refractivity (Wildman–Crippen MR) is 79.0 cm³/mol. The zero-order valence-corrected chi connectivity index (χ0v) is 12.8. The summed E-state index contributed by atoms with van der Waals surface area (Å²) in [5, 5.41) is 13.5. The van der Waals surface area contributed by atoms with Crippen LogP contribution in [0.3, 0.4) is 0 Å². The maximum atomic E-state index is 6.17. The third kappa shape index (κ3) is 2.46. The molecule has 2 aromatic rings. The molecule has 0 aliphatic carbocycles. The van der Waals surface area contributed by atoms with Gasteiger partial charge in [0, 0.05) is 12.0 Å². The van der Waals surface area contributed by atoms with Gasteiger partial charge in [0.2, 0.25) is 0 Å². The van der Waals surface area contributed by atoms with Crippen molar-refractivity contribution in [3.05, 3.63) is 22.1 Å². The minimum Gasteiger partial charge on any atom is -0.196 e. The van der Waals surface area contributed by atoms with E-state index in [-0.39, 0.29) is 0 Å².